The summed E-state index contributed by atoms with van der Waals surface area (Å²) in [7, 11) is 0. The number of hydrogen-bond donors (Lipinski definition) is 1. The molecular formula is C26H24N3O4-. The second-order valence-corrected chi connectivity index (χ2v) is 8.36. The summed E-state index contributed by atoms with van der Waals surface area (Å²) in [4.78, 5) is 26.4. The van der Waals surface area contributed by atoms with Crippen molar-refractivity contribution in [3.63, 3.8) is 0 Å². The predicted molar refractivity (Wildman–Crippen MR) is 123 cm³/mol. The van der Waals surface area contributed by atoms with E-state index in [0.29, 0.717) is 6.61 Å². The van der Waals surface area contributed by atoms with Crippen molar-refractivity contribution in [1.82, 2.24) is 9.58 Å². The molecule has 2 aliphatic rings. The van der Waals surface area contributed by atoms with Crippen LogP contribution < -0.4 is 20.7 Å². The van der Waals surface area contributed by atoms with Crippen molar-refractivity contribution in [1.29, 1.82) is 0 Å². The molecule has 0 radical (unpaired) electrons. The molecule has 1 amide bonds. The van der Waals surface area contributed by atoms with Crippen molar-refractivity contribution in [3.05, 3.63) is 106 Å². The first-order valence-electron chi connectivity index (χ1n) is 11.0. The number of nitrogens with one attached hydrogen (secondary N) is 1. The van der Waals surface area contributed by atoms with Gasteiger partial charge in [-0.25, -0.2) is 0 Å². The van der Waals surface area contributed by atoms with Crippen LogP contribution in [-0.2, 0) is 6.42 Å². The summed E-state index contributed by atoms with van der Waals surface area (Å²) in [5, 5.41) is 12.2. The van der Waals surface area contributed by atoms with Gasteiger partial charge >= 0.3 is 0 Å². The third kappa shape index (κ3) is 4.09. The van der Waals surface area contributed by atoms with Crippen molar-refractivity contribution in [2.45, 2.75) is 24.8 Å². The van der Waals surface area contributed by atoms with Crippen LogP contribution in [0.4, 0.5) is 0 Å². The number of ether oxygens (including phenoxy) is 1. The van der Waals surface area contributed by atoms with Gasteiger partial charge in [0.1, 0.15) is 24.7 Å². The fraction of sp³-hybridized carbons (Fsp3) is 0.231. The number of fused-ring (bicyclic) bond motifs is 1. The Bertz CT molecular complexity index is 1260. The topological polar surface area (TPSA) is 86.6 Å². The Hall–Kier alpha value is -4.00. The van der Waals surface area contributed by atoms with Crippen LogP contribution in [0, 0.1) is 0 Å². The fourth-order valence-corrected chi connectivity index (χ4v) is 4.22. The van der Waals surface area contributed by atoms with E-state index in [2.05, 4.69) is 23.6 Å². The molecule has 2 heterocycles. The molecule has 2 aromatic carbocycles. The summed E-state index contributed by atoms with van der Waals surface area (Å²) in [6, 6.07) is 19.4. The van der Waals surface area contributed by atoms with Crippen LogP contribution >= 0.6 is 0 Å². The minimum Gasteiger partial charge on any atom is -0.868 e. The fourth-order valence-electron chi connectivity index (χ4n) is 4.22. The second kappa shape index (κ2) is 8.50. The zero-order chi connectivity index (χ0) is 22.8. The minimum absolute atomic E-state index is 0.139. The van der Waals surface area contributed by atoms with Gasteiger partial charge in [0.25, 0.3) is 5.91 Å². The maximum absolute atomic E-state index is 13.0. The number of benzene rings is 2. The molecule has 7 heteroatoms. The lowest BCUT2D eigenvalue weighted by molar-refractivity contribution is -0.271. The van der Waals surface area contributed by atoms with Crippen LogP contribution in [0.3, 0.4) is 0 Å². The van der Waals surface area contributed by atoms with Crippen molar-refractivity contribution >= 4 is 5.91 Å². The van der Waals surface area contributed by atoms with Crippen LogP contribution in [0.2, 0.25) is 0 Å². The minimum atomic E-state index is -0.780. The molecule has 1 N–H and O–H groups in total. The van der Waals surface area contributed by atoms with E-state index < -0.39 is 22.6 Å². The summed E-state index contributed by atoms with van der Waals surface area (Å²) in [5.41, 5.74) is 4.07. The molecule has 0 atom stereocenters. The quantitative estimate of drug-likeness (QED) is 0.569. The van der Waals surface area contributed by atoms with E-state index in [9.17, 15) is 14.7 Å². The van der Waals surface area contributed by atoms with E-state index in [1.165, 1.54) is 22.5 Å². The Balaban J connectivity index is 1.26. The van der Waals surface area contributed by atoms with Crippen molar-refractivity contribution in [2.24, 2.45) is 0 Å². The molecule has 7 nitrogen and oxygen atoms in total. The van der Waals surface area contributed by atoms with Gasteiger partial charge in [-0.15, -0.1) is 0 Å². The third-order valence-corrected chi connectivity index (χ3v) is 6.17. The number of rotatable bonds is 7. The van der Waals surface area contributed by atoms with Gasteiger partial charge in [0.05, 0.1) is 5.54 Å². The number of carbonyl (C=O) groups is 1. The summed E-state index contributed by atoms with van der Waals surface area (Å²) in [5.74, 6) is -0.374. The molecule has 0 unspecified atom stereocenters. The number of nitrogens with zero attached hydrogens (tertiary/aromatic N) is 2. The Kier molecular flexibility index (Phi) is 5.38. The van der Waals surface area contributed by atoms with E-state index in [1.807, 2.05) is 48.6 Å². The highest BCUT2D eigenvalue weighted by Gasteiger charge is 2.49. The summed E-state index contributed by atoms with van der Waals surface area (Å²) in [6.45, 7) is 0.630. The number of hydrogen-bond acceptors (Lipinski definition) is 5. The Morgan fingerprint density at radius 2 is 1.79 bits per heavy atom. The molecule has 1 saturated carbocycles. The Labute approximate surface area is 191 Å². The zero-order valence-electron chi connectivity index (χ0n) is 18.1. The summed E-state index contributed by atoms with van der Waals surface area (Å²) >= 11 is 0. The first kappa shape index (κ1) is 20.9. The highest BCUT2D eigenvalue weighted by atomic mass is 16.5. The molecule has 0 bridgehead atoms. The van der Waals surface area contributed by atoms with Crippen LogP contribution in [0.5, 0.6) is 11.5 Å². The molecule has 168 valence electrons. The van der Waals surface area contributed by atoms with Crippen LogP contribution in [0.1, 0.15) is 34.5 Å². The van der Waals surface area contributed by atoms with E-state index >= 15 is 0 Å². The number of aromatic nitrogens is 1. The number of amides is 1. The monoisotopic (exact) mass is 442 g/mol. The highest BCUT2D eigenvalue weighted by molar-refractivity contribution is 5.96. The van der Waals surface area contributed by atoms with Gasteiger partial charge in [-0.1, -0.05) is 54.6 Å². The molecule has 1 fully saturated rings. The van der Waals surface area contributed by atoms with Gasteiger partial charge in [-0.3, -0.25) is 14.3 Å². The third-order valence-electron chi connectivity index (χ3n) is 6.17. The number of pyridine rings is 1. The van der Waals surface area contributed by atoms with E-state index in [4.69, 9.17) is 4.74 Å². The largest absolute Gasteiger partial charge is 0.868 e. The van der Waals surface area contributed by atoms with Gasteiger partial charge < -0.3 is 20.2 Å². The lowest BCUT2D eigenvalue weighted by Crippen LogP contribution is -2.52. The van der Waals surface area contributed by atoms with E-state index in [-0.39, 0.29) is 12.4 Å². The molecule has 1 aliphatic heterocycles. The molecule has 1 aromatic heterocycles. The molecule has 3 aromatic rings. The number of para-hydroxylation sites is 1. The Morgan fingerprint density at radius 3 is 2.58 bits per heavy atom. The smallest absolute Gasteiger partial charge is 0.274 e. The zero-order valence-corrected chi connectivity index (χ0v) is 18.1. The first-order chi connectivity index (χ1) is 16.1. The standard InChI is InChI=1S/C26H25N3O4/c30-21-11-15-29-23(24(21)31)25(32)28(18-27-29)26(13-14-26)12-6-16-33-22-10-5-4-9-20(22)17-19-7-2-1-3-8-19/h1-12,15,27,31H,13-14,16-18H2/p-1/b12-6+. The molecular weight excluding hydrogens is 418 g/mol. The first-order valence-corrected chi connectivity index (χ1v) is 11.0. The van der Waals surface area contributed by atoms with Crippen molar-refractivity contribution < 1.29 is 14.6 Å². The van der Waals surface area contributed by atoms with E-state index in [1.54, 1.807) is 4.90 Å². The molecule has 0 saturated heterocycles. The average molecular weight is 442 g/mol. The average Bonchev–Trinajstić information content (AvgIpc) is 3.61. The normalized spacial score (nSPS) is 16.4. The van der Waals surface area contributed by atoms with Gasteiger partial charge in [0.2, 0.25) is 0 Å². The van der Waals surface area contributed by atoms with Crippen molar-refractivity contribution in [2.75, 3.05) is 18.7 Å². The molecule has 5 rings (SSSR count). The summed E-state index contributed by atoms with van der Waals surface area (Å²) in [6.07, 6.45) is 7.71. The van der Waals surface area contributed by atoms with Crippen LogP contribution in [0.15, 0.2) is 83.8 Å². The maximum atomic E-state index is 13.0. The highest BCUT2D eigenvalue weighted by Crippen LogP contribution is 2.44. The van der Waals surface area contributed by atoms with Gasteiger partial charge in [-0.2, -0.15) is 0 Å². The van der Waals surface area contributed by atoms with E-state index in [0.717, 1.165) is 30.6 Å². The molecule has 33 heavy (non-hydrogen) atoms. The second-order valence-electron chi connectivity index (χ2n) is 8.36. The molecule has 1 aliphatic carbocycles. The lowest BCUT2D eigenvalue weighted by atomic mass is 10.0. The van der Waals surface area contributed by atoms with Crippen LogP contribution in [-0.4, -0.2) is 34.3 Å². The molecule has 0 spiro atoms. The summed E-state index contributed by atoms with van der Waals surface area (Å²) < 4.78 is 7.38. The van der Waals surface area contributed by atoms with Gasteiger partial charge in [-0.05, 0) is 41.9 Å². The SMILES string of the molecule is O=C1c2c([O-])c(=O)ccn2NCN1C1(/C=C/COc2ccccc2Cc2ccccc2)CC1. The van der Waals surface area contributed by atoms with Gasteiger partial charge in [0.15, 0.2) is 5.43 Å². The van der Waals surface area contributed by atoms with Crippen LogP contribution in [0.25, 0.3) is 0 Å². The lowest BCUT2D eigenvalue weighted by Gasteiger charge is -2.37. The maximum Gasteiger partial charge on any atom is 0.274 e. The van der Waals surface area contributed by atoms with Crippen molar-refractivity contribution in [3.8, 4) is 11.5 Å². The van der Waals surface area contributed by atoms with Gasteiger partial charge in [0, 0.05) is 18.7 Å². The number of carbonyl (C=O) groups excluding carboxylic acids is 1. The predicted octanol–water partition coefficient (Wildman–Crippen LogP) is 2.64. The Morgan fingerprint density at radius 1 is 1.03 bits per heavy atom.